The Hall–Kier alpha value is 0.580. The number of thiophene rings is 1. The molecule has 3 rings (SSSR count). The van der Waals surface area contributed by atoms with E-state index in [2.05, 4.69) is 42.8 Å². The van der Waals surface area contributed by atoms with Gasteiger partial charge in [0.05, 0.1) is 9.83 Å². The number of halogens is 2. The molecule has 2 nitrogen and oxygen atoms in total. The van der Waals surface area contributed by atoms with Crippen molar-refractivity contribution < 1.29 is 0 Å². The van der Waals surface area contributed by atoms with Crippen LogP contribution < -0.4 is 5.73 Å². The van der Waals surface area contributed by atoms with E-state index in [1.165, 1.54) is 40.9 Å². The van der Waals surface area contributed by atoms with E-state index in [0.29, 0.717) is 6.04 Å². The first kappa shape index (κ1) is 13.6. The molecular formula is C13H18Br2N2S. The highest BCUT2D eigenvalue weighted by atomic mass is 79.9. The molecular weight excluding hydrogens is 376 g/mol. The second-order valence-corrected chi connectivity index (χ2v) is 8.60. The van der Waals surface area contributed by atoms with E-state index in [4.69, 9.17) is 5.73 Å². The molecule has 2 fully saturated rings. The van der Waals surface area contributed by atoms with E-state index in [9.17, 15) is 0 Å². The summed E-state index contributed by atoms with van der Waals surface area (Å²) in [6.45, 7) is 1.22. The summed E-state index contributed by atoms with van der Waals surface area (Å²) in [7, 11) is 0. The van der Waals surface area contributed by atoms with Crippen molar-refractivity contribution in [3.8, 4) is 0 Å². The molecule has 2 aliphatic rings. The minimum atomic E-state index is 0.283. The first-order valence-corrected chi connectivity index (χ1v) is 9.03. The molecule has 1 aromatic heterocycles. The predicted octanol–water partition coefficient (Wildman–Crippen LogP) is 4.29. The maximum Gasteiger partial charge on any atom is 0.0843 e. The molecule has 0 bridgehead atoms. The highest BCUT2D eigenvalue weighted by Crippen LogP contribution is 2.43. The molecule has 2 atom stereocenters. The van der Waals surface area contributed by atoms with Gasteiger partial charge in [0.25, 0.3) is 0 Å². The Bertz CT molecular complexity index is 411. The van der Waals surface area contributed by atoms with Crippen LogP contribution in [0, 0.1) is 0 Å². The topological polar surface area (TPSA) is 29.3 Å². The monoisotopic (exact) mass is 392 g/mol. The lowest BCUT2D eigenvalue weighted by molar-refractivity contribution is 0.178. The summed E-state index contributed by atoms with van der Waals surface area (Å²) in [5.41, 5.74) is 6.46. The van der Waals surface area contributed by atoms with Crippen molar-refractivity contribution in [2.45, 2.75) is 50.2 Å². The minimum Gasteiger partial charge on any atom is -0.326 e. The van der Waals surface area contributed by atoms with Crippen molar-refractivity contribution in [1.29, 1.82) is 0 Å². The van der Waals surface area contributed by atoms with Gasteiger partial charge < -0.3 is 5.73 Å². The van der Waals surface area contributed by atoms with E-state index >= 15 is 0 Å². The second-order valence-electron chi connectivity index (χ2n) is 5.34. The van der Waals surface area contributed by atoms with E-state index in [-0.39, 0.29) is 6.04 Å². The van der Waals surface area contributed by atoms with Crippen LogP contribution in [0.15, 0.2) is 14.3 Å². The molecule has 2 heterocycles. The van der Waals surface area contributed by atoms with E-state index in [1.54, 1.807) is 0 Å². The van der Waals surface area contributed by atoms with Gasteiger partial charge in [-0.25, -0.2) is 0 Å². The third kappa shape index (κ3) is 2.70. The van der Waals surface area contributed by atoms with Gasteiger partial charge in [0.1, 0.15) is 0 Å². The molecule has 0 spiro atoms. The van der Waals surface area contributed by atoms with E-state index in [0.717, 1.165) is 16.9 Å². The highest BCUT2D eigenvalue weighted by molar-refractivity contribution is 9.13. The van der Waals surface area contributed by atoms with Crippen molar-refractivity contribution in [2.24, 2.45) is 5.73 Å². The van der Waals surface area contributed by atoms with Gasteiger partial charge in [-0.2, -0.15) is 0 Å². The lowest BCUT2D eigenvalue weighted by atomic mass is 10.0. The Morgan fingerprint density at radius 2 is 2.00 bits per heavy atom. The first-order valence-electron chi connectivity index (χ1n) is 6.63. The summed E-state index contributed by atoms with van der Waals surface area (Å²) < 4.78 is 2.35. The van der Waals surface area contributed by atoms with Gasteiger partial charge in [-0.3, -0.25) is 4.90 Å². The Morgan fingerprint density at radius 1 is 1.22 bits per heavy atom. The Kier molecular flexibility index (Phi) is 4.16. The molecule has 18 heavy (non-hydrogen) atoms. The SMILES string of the molecule is NC1CCCCN(C2CC2)C1c1cc(Br)c(Br)s1. The molecule has 100 valence electrons. The lowest BCUT2D eigenvalue weighted by Gasteiger charge is -2.32. The zero-order valence-corrected chi connectivity index (χ0v) is 14.2. The van der Waals surface area contributed by atoms with Crippen molar-refractivity contribution in [1.82, 2.24) is 4.90 Å². The predicted molar refractivity (Wildman–Crippen MR) is 84.0 cm³/mol. The molecule has 5 heteroatoms. The first-order chi connectivity index (χ1) is 8.66. The summed E-state index contributed by atoms with van der Waals surface area (Å²) in [4.78, 5) is 4.08. The van der Waals surface area contributed by atoms with Crippen LogP contribution in [-0.4, -0.2) is 23.5 Å². The van der Waals surface area contributed by atoms with Gasteiger partial charge in [-0.1, -0.05) is 6.42 Å². The van der Waals surface area contributed by atoms with Crippen LogP contribution in [0.4, 0.5) is 0 Å². The Morgan fingerprint density at radius 3 is 2.61 bits per heavy atom. The average molecular weight is 394 g/mol. The van der Waals surface area contributed by atoms with Crippen molar-refractivity contribution in [2.75, 3.05) is 6.54 Å². The summed E-state index contributed by atoms with van der Waals surface area (Å²) in [6.07, 6.45) is 6.44. The summed E-state index contributed by atoms with van der Waals surface area (Å²) in [6, 6.07) is 3.75. The molecule has 0 radical (unpaired) electrons. The molecule has 1 saturated carbocycles. The third-order valence-electron chi connectivity index (χ3n) is 3.94. The minimum absolute atomic E-state index is 0.283. The molecule has 1 aliphatic heterocycles. The molecule has 1 aromatic rings. The Balaban J connectivity index is 1.92. The Labute approximate surface area is 129 Å². The van der Waals surface area contributed by atoms with E-state index < -0.39 is 0 Å². The fourth-order valence-corrected chi connectivity index (χ4v) is 5.20. The third-order valence-corrected chi connectivity index (χ3v) is 7.27. The average Bonchev–Trinajstić information content (AvgIpc) is 3.11. The molecule has 2 N–H and O–H groups in total. The van der Waals surface area contributed by atoms with Gasteiger partial charge >= 0.3 is 0 Å². The van der Waals surface area contributed by atoms with Crippen LogP contribution in [0.1, 0.15) is 43.0 Å². The smallest absolute Gasteiger partial charge is 0.0843 e. The van der Waals surface area contributed by atoms with Gasteiger partial charge in [0.2, 0.25) is 0 Å². The molecule has 1 saturated heterocycles. The van der Waals surface area contributed by atoms with Crippen LogP contribution in [-0.2, 0) is 0 Å². The van der Waals surface area contributed by atoms with Crippen molar-refractivity contribution >= 4 is 43.2 Å². The number of hydrogen-bond acceptors (Lipinski definition) is 3. The number of nitrogens with two attached hydrogens (primary N) is 1. The van der Waals surface area contributed by atoms with Crippen LogP contribution in [0.25, 0.3) is 0 Å². The fraction of sp³-hybridized carbons (Fsp3) is 0.692. The molecule has 1 aliphatic carbocycles. The van der Waals surface area contributed by atoms with Gasteiger partial charge in [-0.05, 0) is 70.2 Å². The zero-order valence-electron chi connectivity index (χ0n) is 10.2. The molecule has 2 unspecified atom stereocenters. The molecule has 0 amide bonds. The number of rotatable bonds is 2. The van der Waals surface area contributed by atoms with Crippen LogP contribution >= 0.6 is 43.2 Å². The fourth-order valence-electron chi connectivity index (χ4n) is 2.92. The number of likely N-dealkylation sites (tertiary alicyclic amines) is 1. The number of hydrogen-bond donors (Lipinski definition) is 1. The number of nitrogens with zero attached hydrogens (tertiary/aromatic N) is 1. The summed E-state index contributed by atoms with van der Waals surface area (Å²) >= 11 is 9.04. The van der Waals surface area contributed by atoms with E-state index in [1.807, 2.05) is 11.3 Å². The van der Waals surface area contributed by atoms with Crippen molar-refractivity contribution in [3.63, 3.8) is 0 Å². The maximum atomic E-state index is 6.46. The maximum absolute atomic E-state index is 6.46. The van der Waals surface area contributed by atoms with Gasteiger partial charge in [0.15, 0.2) is 0 Å². The second kappa shape index (κ2) is 5.52. The highest BCUT2D eigenvalue weighted by Gasteiger charge is 2.38. The zero-order chi connectivity index (χ0) is 12.7. The van der Waals surface area contributed by atoms with Crippen LogP contribution in [0.3, 0.4) is 0 Å². The summed E-state index contributed by atoms with van der Waals surface area (Å²) in [5, 5.41) is 0. The van der Waals surface area contributed by atoms with Crippen LogP contribution in [0.2, 0.25) is 0 Å². The molecule has 0 aromatic carbocycles. The lowest BCUT2D eigenvalue weighted by Crippen LogP contribution is -2.40. The standard InChI is InChI=1S/C13H18Br2N2S/c14-9-7-11(18-13(9)15)12-10(16)3-1-2-6-17(12)8-4-5-8/h7-8,10,12H,1-6,16H2. The van der Waals surface area contributed by atoms with Crippen LogP contribution in [0.5, 0.6) is 0 Å². The van der Waals surface area contributed by atoms with Gasteiger partial charge in [0, 0.05) is 21.4 Å². The largest absolute Gasteiger partial charge is 0.326 e. The normalized spacial score (nSPS) is 30.4. The summed E-state index contributed by atoms with van der Waals surface area (Å²) in [5.74, 6) is 0. The van der Waals surface area contributed by atoms with Crippen molar-refractivity contribution in [3.05, 3.63) is 19.2 Å². The quantitative estimate of drug-likeness (QED) is 0.811. The van der Waals surface area contributed by atoms with Gasteiger partial charge in [-0.15, -0.1) is 11.3 Å².